The summed E-state index contributed by atoms with van der Waals surface area (Å²) >= 11 is 3.46. The summed E-state index contributed by atoms with van der Waals surface area (Å²) in [5.41, 5.74) is 1.32. The molecule has 3 heteroatoms. The molecule has 1 aliphatic rings. The highest BCUT2D eigenvalue weighted by Crippen LogP contribution is 2.20. The quantitative estimate of drug-likeness (QED) is 0.843. The molecule has 0 amide bonds. The molecule has 15 heavy (non-hydrogen) atoms. The number of rotatable bonds is 1. The molecule has 1 aromatic rings. The number of piperazine rings is 1. The molecule has 1 aromatic carbocycles. The maximum atomic E-state index is 3.54. The molecule has 0 saturated carbocycles. The molecule has 1 heterocycles. The molecule has 1 fully saturated rings. The van der Waals surface area contributed by atoms with Gasteiger partial charge in [0.15, 0.2) is 0 Å². The topological polar surface area (TPSA) is 15.3 Å². The van der Waals surface area contributed by atoms with Crippen molar-refractivity contribution in [2.24, 2.45) is 0 Å². The lowest BCUT2D eigenvalue weighted by Gasteiger charge is -2.37. The molecule has 0 unspecified atom stereocenters. The van der Waals surface area contributed by atoms with Gasteiger partial charge in [0.05, 0.1) is 0 Å². The Morgan fingerprint density at radius 2 is 1.67 bits per heavy atom. The number of hydrogen-bond acceptors (Lipinski definition) is 2. The van der Waals surface area contributed by atoms with Crippen molar-refractivity contribution < 1.29 is 0 Å². The Labute approximate surface area is 99.8 Å². The van der Waals surface area contributed by atoms with Crippen LogP contribution in [0.25, 0.3) is 0 Å². The van der Waals surface area contributed by atoms with E-state index in [0.717, 1.165) is 17.6 Å². The molecule has 2 rings (SSSR count). The van der Waals surface area contributed by atoms with Crippen molar-refractivity contribution >= 4 is 21.6 Å². The lowest BCUT2D eigenvalue weighted by molar-refractivity contribution is 0.407. The van der Waals surface area contributed by atoms with Gasteiger partial charge < -0.3 is 10.2 Å². The summed E-state index contributed by atoms with van der Waals surface area (Å²) in [5.74, 6) is 0. The van der Waals surface area contributed by atoms with Gasteiger partial charge in [0, 0.05) is 35.3 Å². The lowest BCUT2D eigenvalue weighted by atomic mass is 10.1. The first-order valence-corrected chi connectivity index (χ1v) is 6.21. The Hall–Kier alpha value is -0.540. The highest BCUT2D eigenvalue weighted by atomic mass is 79.9. The van der Waals surface area contributed by atoms with E-state index in [2.05, 4.69) is 64.3 Å². The molecule has 0 radical (unpaired) electrons. The van der Waals surface area contributed by atoms with Crippen LogP contribution >= 0.6 is 15.9 Å². The van der Waals surface area contributed by atoms with Gasteiger partial charge in [-0.05, 0) is 38.1 Å². The summed E-state index contributed by atoms with van der Waals surface area (Å²) in [6.07, 6.45) is 0. The van der Waals surface area contributed by atoms with Gasteiger partial charge in [-0.25, -0.2) is 0 Å². The summed E-state index contributed by atoms with van der Waals surface area (Å²) in [6, 6.07) is 9.69. The van der Waals surface area contributed by atoms with Crippen molar-refractivity contribution in [3.63, 3.8) is 0 Å². The summed E-state index contributed by atoms with van der Waals surface area (Å²) in [5, 5.41) is 3.54. The minimum absolute atomic E-state index is 0.567. The van der Waals surface area contributed by atoms with Gasteiger partial charge in [-0.2, -0.15) is 0 Å². The van der Waals surface area contributed by atoms with Gasteiger partial charge >= 0.3 is 0 Å². The third-order valence-corrected chi connectivity index (χ3v) is 3.28. The van der Waals surface area contributed by atoms with Crippen LogP contribution in [0.1, 0.15) is 13.8 Å². The predicted molar refractivity (Wildman–Crippen MR) is 68.4 cm³/mol. The van der Waals surface area contributed by atoms with Gasteiger partial charge in [-0.3, -0.25) is 0 Å². The minimum Gasteiger partial charge on any atom is -0.368 e. The van der Waals surface area contributed by atoms with E-state index in [0.29, 0.717) is 12.1 Å². The van der Waals surface area contributed by atoms with E-state index in [9.17, 15) is 0 Å². The molecule has 1 N–H and O–H groups in total. The number of anilines is 1. The second-order valence-corrected chi connectivity index (χ2v) is 5.27. The first kappa shape index (κ1) is 11.0. The van der Waals surface area contributed by atoms with Crippen molar-refractivity contribution in [1.29, 1.82) is 0 Å². The zero-order valence-electron chi connectivity index (χ0n) is 9.20. The smallest absolute Gasteiger partial charge is 0.0368 e. The van der Waals surface area contributed by atoms with Gasteiger partial charge in [0.25, 0.3) is 0 Å². The molecule has 0 aromatic heterocycles. The highest BCUT2D eigenvalue weighted by Gasteiger charge is 2.20. The van der Waals surface area contributed by atoms with Crippen LogP contribution in [0.5, 0.6) is 0 Å². The summed E-state index contributed by atoms with van der Waals surface area (Å²) < 4.78 is 1.14. The van der Waals surface area contributed by atoms with Crippen LogP contribution in [0.2, 0.25) is 0 Å². The molecule has 0 spiro atoms. The lowest BCUT2D eigenvalue weighted by Crippen LogP contribution is -2.54. The zero-order chi connectivity index (χ0) is 10.8. The molecule has 1 saturated heterocycles. The molecule has 2 nitrogen and oxygen atoms in total. The molecule has 82 valence electrons. The van der Waals surface area contributed by atoms with Gasteiger partial charge in [-0.15, -0.1) is 0 Å². The Bertz CT molecular complexity index is 313. The zero-order valence-corrected chi connectivity index (χ0v) is 10.8. The van der Waals surface area contributed by atoms with Crippen LogP contribution in [-0.4, -0.2) is 25.2 Å². The monoisotopic (exact) mass is 268 g/mol. The van der Waals surface area contributed by atoms with Crippen LogP contribution in [0.3, 0.4) is 0 Å². The maximum absolute atomic E-state index is 3.54. The SMILES string of the molecule is C[C@@H]1CN(c2ccc(Br)cc2)C[C@H](C)N1. The van der Waals surface area contributed by atoms with E-state index in [1.165, 1.54) is 5.69 Å². The predicted octanol–water partition coefficient (Wildman–Crippen LogP) is 2.64. The molecular weight excluding hydrogens is 252 g/mol. The van der Waals surface area contributed by atoms with Crippen LogP contribution in [0.15, 0.2) is 28.7 Å². The third kappa shape index (κ3) is 2.73. The first-order valence-electron chi connectivity index (χ1n) is 5.41. The summed E-state index contributed by atoms with van der Waals surface area (Å²) in [7, 11) is 0. The van der Waals surface area contributed by atoms with Gasteiger partial charge in [-0.1, -0.05) is 15.9 Å². The maximum Gasteiger partial charge on any atom is 0.0368 e. The Balaban J connectivity index is 2.12. The highest BCUT2D eigenvalue weighted by molar-refractivity contribution is 9.10. The summed E-state index contributed by atoms with van der Waals surface area (Å²) in [6.45, 7) is 6.65. The normalized spacial score (nSPS) is 26.7. The summed E-state index contributed by atoms with van der Waals surface area (Å²) in [4.78, 5) is 2.44. The van der Waals surface area contributed by atoms with Gasteiger partial charge in [0.1, 0.15) is 0 Å². The Kier molecular flexibility index (Phi) is 3.32. The van der Waals surface area contributed by atoms with E-state index < -0.39 is 0 Å². The van der Waals surface area contributed by atoms with E-state index in [-0.39, 0.29) is 0 Å². The third-order valence-electron chi connectivity index (χ3n) is 2.75. The molecule has 0 bridgehead atoms. The van der Waals surface area contributed by atoms with Crippen LogP contribution in [0, 0.1) is 0 Å². The van der Waals surface area contributed by atoms with Crippen LogP contribution in [0.4, 0.5) is 5.69 Å². The van der Waals surface area contributed by atoms with E-state index in [1.54, 1.807) is 0 Å². The molecule has 2 atom stereocenters. The fourth-order valence-electron chi connectivity index (χ4n) is 2.19. The van der Waals surface area contributed by atoms with Crippen LogP contribution in [-0.2, 0) is 0 Å². The molecule has 1 aliphatic heterocycles. The number of halogens is 1. The first-order chi connectivity index (χ1) is 7.15. The van der Waals surface area contributed by atoms with E-state index in [4.69, 9.17) is 0 Å². The van der Waals surface area contributed by atoms with Gasteiger partial charge in [0.2, 0.25) is 0 Å². The Morgan fingerprint density at radius 3 is 2.20 bits per heavy atom. The second-order valence-electron chi connectivity index (χ2n) is 4.35. The standard InChI is InChI=1S/C12H17BrN2/c1-9-7-15(8-10(2)14-9)12-5-3-11(13)4-6-12/h3-6,9-10,14H,7-8H2,1-2H3/t9-,10+. The second kappa shape index (κ2) is 4.54. The van der Waals surface area contributed by atoms with E-state index in [1.807, 2.05) is 0 Å². The van der Waals surface area contributed by atoms with E-state index >= 15 is 0 Å². The number of nitrogens with one attached hydrogen (secondary N) is 1. The number of benzene rings is 1. The van der Waals surface area contributed by atoms with Crippen molar-refractivity contribution in [3.8, 4) is 0 Å². The van der Waals surface area contributed by atoms with Crippen molar-refractivity contribution in [2.75, 3.05) is 18.0 Å². The average molecular weight is 269 g/mol. The Morgan fingerprint density at radius 1 is 1.13 bits per heavy atom. The van der Waals surface area contributed by atoms with Crippen LogP contribution < -0.4 is 10.2 Å². The van der Waals surface area contributed by atoms with Crippen molar-refractivity contribution in [3.05, 3.63) is 28.7 Å². The van der Waals surface area contributed by atoms with Crippen molar-refractivity contribution in [1.82, 2.24) is 5.32 Å². The number of hydrogen-bond donors (Lipinski definition) is 1. The number of nitrogens with zero attached hydrogens (tertiary/aromatic N) is 1. The largest absolute Gasteiger partial charge is 0.368 e. The fraction of sp³-hybridized carbons (Fsp3) is 0.500. The van der Waals surface area contributed by atoms with Crippen molar-refractivity contribution in [2.45, 2.75) is 25.9 Å². The average Bonchev–Trinajstić information content (AvgIpc) is 2.17. The fourth-order valence-corrected chi connectivity index (χ4v) is 2.45. The molecule has 0 aliphatic carbocycles. The minimum atomic E-state index is 0.567. The molecular formula is C12H17BrN2.